The number of anilines is 1. The fourth-order valence-electron chi connectivity index (χ4n) is 3.61. The first kappa shape index (κ1) is 19.1. The van der Waals surface area contributed by atoms with Crippen molar-refractivity contribution in [3.8, 4) is 0 Å². The van der Waals surface area contributed by atoms with Gasteiger partial charge in [-0.2, -0.15) is 0 Å². The second-order valence-electron chi connectivity index (χ2n) is 7.12. The molecule has 31 heavy (non-hydrogen) atoms. The third-order valence-corrected chi connectivity index (χ3v) is 5.37. The molecule has 1 amide bonds. The molecular weight excluding hydrogens is 414 g/mol. The van der Waals surface area contributed by atoms with E-state index in [-0.39, 0.29) is 5.82 Å². The summed E-state index contributed by atoms with van der Waals surface area (Å²) in [6.07, 6.45) is 1.71. The van der Waals surface area contributed by atoms with Crippen LogP contribution in [0.3, 0.4) is 0 Å². The number of hydrogen-bond acceptors (Lipinski definition) is 4. The molecule has 5 aromatic rings. The van der Waals surface area contributed by atoms with Crippen molar-refractivity contribution in [1.82, 2.24) is 9.72 Å². The minimum Gasteiger partial charge on any atom is -0.354 e. The van der Waals surface area contributed by atoms with Gasteiger partial charge in [-0.05, 0) is 35.9 Å². The van der Waals surface area contributed by atoms with Gasteiger partial charge in [0.1, 0.15) is 0 Å². The lowest BCUT2D eigenvalue weighted by molar-refractivity contribution is -0.112. The Bertz CT molecular complexity index is 1430. The smallest absolute Gasteiger partial charge is 0.298 e. The summed E-state index contributed by atoms with van der Waals surface area (Å²) in [5.74, 6) is -1.19. The molecule has 0 unspecified atom stereocenters. The van der Waals surface area contributed by atoms with Gasteiger partial charge in [0.05, 0.1) is 10.9 Å². The van der Waals surface area contributed by atoms with Crippen LogP contribution in [0, 0.1) is 0 Å². The number of hydrogen-bond donors (Lipinski definition) is 1. The van der Waals surface area contributed by atoms with Gasteiger partial charge in [-0.1, -0.05) is 59.2 Å². The first-order chi connectivity index (χ1) is 15.1. The number of carbonyl (C=O) groups is 2. The van der Waals surface area contributed by atoms with Gasteiger partial charge in [-0.3, -0.25) is 9.59 Å². The molecule has 0 fully saturated rings. The van der Waals surface area contributed by atoms with Gasteiger partial charge in [0.15, 0.2) is 11.4 Å². The number of benzene rings is 3. The molecule has 6 nitrogen and oxygen atoms in total. The summed E-state index contributed by atoms with van der Waals surface area (Å²) in [4.78, 5) is 25.8. The van der Waals surface area contributed by atoms with E-state index in [4.69, 9.17) is 16.1 Å². The second kappa shape index (κ2) is 7.74. The zero-order chi connectivity index (χ0) is 21.4. The fraction of sp³-hybridized carbons (Fsp3) is 0.0417. The summed E-state index contributed by atoms with van der Waals surface area (Å²) in [5.41, 5.74) is 2.75. The number of rotatable bonds is 5. The van der Waals surface area contributed by atoms with Gasteiger partial charge >= 0.3 is 0 Å². The molecule has 2 heterocycles. The van der Waals surface area contributed by atoms with E-state index in [0.717, 1.165) is 11.1 Å². The number of aromatic nitrogens is 2. The Hall–Kier alpha value is -3.90. The monoisotopic (exact) mass is 429 g/mol. The number of nitrogens with one attached hydrogen (secondary N) is 1. The van der Waals surface area contributed by atoms with Gasteiger partial charge in [0.2, 0.25) is 0 Å². The van der Waals surface area contributed by atoms with Crippen molar-refractivity contribution in [2.45, 2.75) is 6.54 Å². The van der Waals surface area contributed by atoms with E-state index in [2.05, 4.69) is 10.5 Å². The molecule has 0 atom stereocenters. The fourth-order valence-corrected chi connectivity index (χ4v) is 3.73. The van der Waals surface area contributed by atoms with Crippen LogP contribution in [0.15, 0.2) is 83.5 Å². The first-order valence-corrected chi connectivity index (χ1v) is 10.0. The van der Waals surface area contributed by atoms with Crippen LogP contribution in [0.2, 0.25) is 5.02 Å². The van der Waals surface area contributed by atoms with Gasteiger partial charge in [0, 0.05) is 28.7 Å². The number of para-hydroxylation sites is 2. The third kappa shape index (κ3) is 3.58. The molecular formula is C24H16ClN3O3. The average molecular weight is 430 g/mol. The van der Waals surface area contributed by atoms with Crippen molar-refractivity contribution >= 4 is 51.0 Å². The van der Waals surface area contributed by atoms with Crippen LogP contribution in [0.4, 0.5) is 5.82 Å². The van der Waals surface area contributed by atoms with Crippen LogP contribution in [0.1, 0.15) is 15.9 Å². The van der Waals surface area contributed by atoms with E-state index in [1.165, 1.54) is 0 Å². The van der Waals surface area contributed by atoms with Crippen LogP contribution in [0.25, 0.3) is 21.9 Å². The zero-order valence-corrected chi connectivity index (χ0v) is 17.0. The lowest BCUT2D eigenvalue weighted by Gasteiger charge is -2.05. The minimum absolute atomic E-state index is 0.221. The Morgan fingerprint density at radius 1 is 0.935 bits per heavy atom. The van der Waals surface area contributed by atoms with Gasteiger partial charge < -0.3 is 14.4 Å². The van der Waals surface area contributed by atoms with Crippen LogP contribution in [0.5, 0.6) is 0 Å². The highest BCUT2D eigenvalue weighted by molar-refractivity contribution is 6.48. The number of Topliss-reactive ketones (excluding diaryl/α,β-unsaturated/α-hetero) is 1. The molecule has 3 aromatic carbocycles. The predicted molar refractivity (Wildman–Crippen MR) is 119 cm³/mol. The van der Waals surface area contributed by atoms with Gasteiger partial charge in [-0.15, -0.1) is 0 Å². The van der Waals surface area contributed by atoms with E-state index >= 15 is 0 Å². The van der Waals surface area contributed by atoms with E-state index in [0.29, 0.717) is 33.5 Å². The minimum atomic E-state index is -0.770. The van der Waals surface area contributed by atoms with Crippen molar-refractivity contribution in [1.29, 1.82) is 0 Å². The zero-order valence-electron chi connectivity index (χ0n) is 16.2. The van der Waals surface area contributed by atoms with E-state index < -0.39 is 11.7 Å². The molecule has 0 aliphatic heterocycles. The Kier molecular flexibility index (Phi) is 4.76. The predicted octanol–water partition coefficient (Wildman–Crippen LogP) is 5.31. The van der Waals surface area contributed by atoms with Gasteiger partial charge in [-0.25, -0.2) is 0 Å². The largest absolute Gasteiger partial charge is 0.354 e. The van der Waals surface area contributed by atoms with Crippen LogP contribution >= 0.6 is 11.6 Å². The Morgan fingerprint density at radius 2 is 1.65 bits per heavy atom. The van der Waals surface area contributed by atoms with Crippen molar-refractivity contribution in [3.05, 3.63) is 95.1 Å². The molecule has 5 rings (SSSR count). The number of carbonyl (C=O) groups excluding carboxylic acids is 2. The number of nitrogens with zero attached hydrogens (tertiary/aromatic N) is 2. The lowest BCUT2D eigenvalue weighted by atomic mass is 10.1. The Labute approximate surface area is 182 Å². The quantitative estimate of drug-likeness (QED) is 0.303. The number of halogens is 1. The topological polar surface area (TPSA) is 77.1 Å². The molecule has 0 spiro atoms. The molecule has 0 bridgehead atoms. The maximum Gasteiger partial charge on any atom is 0.298 e. The lowest BCUT2D eigenvalue weighted by Crippen LogP contribution is -2.23. The molecule has 152 valence electrons. The van der Waals surface area contributed by atoms with Crippen molar-refractivity contribution in [3.63, 3.8) is 0 Å². The Morgan fingerprint density at radius 3 is 2.45 bits per heavy atom. The van der Waals surface area contributed by atoms with Crippen molar-refractivity contribution in [2.24, 2.45) is 0 Å². The summed E-state index contributed by atoms with van der Waals surface area (Å²) in [7, 11) is 0. The van der Waals surface area contributed by atoms with Crippen molar-refractivity contribution < 1.29 is 14.1 Å². The highest BCUT2D eigenvalue weighted by atomic mass is 35.5. The molecule has 0 aliphatic carbocycles. The van der Waals surface area contributed by atoms with Gasteiger partial charge in [0.25, 0.3) is 11.7 Å². The van der Waals surface area contributed by atoms with E-state index in [9.17, 15) is 9.59 Å². The molecule has 0 saturated carbocycles. The molecule has 0 aliphatic rings. The number of fused-ring (bicyclic) bond motifs is 2. The molecule has 0 radical (unpaired) electrons. The number of amides is 1. The highest BCUT2D eigenvalue weighted by Gasteiger charge is 2.23. The molecule has 1 N–H and O–H groups in total. The van der Waals surface area contributed by atoms with Crippen LogP contribution in [-0.4, -0.2) is 21.4 Å². The first-order valence-electron chi connectivity index (χ1n) is 9.62. The molecule has 2 aromatic heterocycles. The maximum absolute atomic E-state index is 13.0. The summed E-state index contributed by atoms with van der Waals surface area (Å²) in [6, 6.07) is 22.1. The normalized spacial score (nSPS) is 11.1. The van der Waals surface area contributed by atoms with E-state index in [1.807, 2.05) is 53.1 Å². The number of ketones is 1. The summed E-state index contributed by atoms with van der Waals surface area (Å²) in [6.45, 7) is 0.542. The second-order valence-corrected chi connectivity index (χ2v) is 7.56. The Balaban J connectivity index is 1.47. The molecule has 0 saturated heterocycles. The summed E-state index contributed by atoms with van der Waals surface area (Å²) in [5, 5.41) is 8.45. The third-order valence-electron chi connectivity index (χ3n) is 5.12. The SMILES string of the molecule is O=C(Nc1noc2ccccc12)C(=O)c1cn(Cc2ccc(Cl)cc2)c2ccccc12. The summed E-state index contributed by atoms with van der Waals surface area (Å²) >= 11 is 5.98. The van der Waals surface area contributed by atoms with Crippen LogP contribution in [-0.2, 0) is 11.3 Å². The molecule has 7 heteroatoms. The average Bonchev–Trinajstić information content (AvgIpc) is 3.37. The van der Waals surface area contributed by atoms with Crippen LogP contribution < -0.4 is 5.32 Å². The standard InChI is InChI=1S/C24H16ClN3O3/c25-16-11-9-15(10-12-16)13-28-14-19(17-5-1-3-7-20(17)28)22(29)24(30)26-23-18-6-2-4-8-21(18)31-27-23/h1-12,14H,13H2,(H,26,27,30). The van der Waals surface area contributed by atoms with E-state index in [1.54, 1.807) is 30.5 Å². The summed E-state index contributed by atoms with van der Waals surface area (Å²) < 4.78 is 7.14. The van der Waals surface area contributed by atoms with Crippen molar-refractivity contribution in [2.75, 3.05) is 5.32 Å². The highest BCUT2D eigenvalue weighted by Crippen LogP contribution is 2.25. The maximum atomic E-state index is 13.0.